The molecule has 0 atom stereocenters. The molecule has 6 nitrogen and oxygen atoms in total. The predicted molar refractivity (Wildman–Crippen MR) is 127 cm³/mol. The molecule has 1 heterocycles. The van der Waals surface area contributed by atoms with E-state index in [0.717, 1.165) is 5.56 Å². The number of rotatable bonds is 10. The maximum Gasteiger partial charge on any atom is 0.266 e. The van der Waals surface area contributed by atoms with Crippen molar-refractivity contribution in [2.24, 2.45) is 0 Å². The first-order chi connectivity index (χ1) is 15.1. The summed E-state index contributed by atoms with van der Waals surface area (Å²) in [5, 5.41) is 0. The van der Waals surface area contributed by atoms with Crippen molar-refractivity contribution < 1.29 is 23.7 Å². The average Bonchev–Trinajstić information content (AvgIpc) is 3.05. The number of amides is 1. The van der Waals surface area contributed by atoms with Crippen molar-refractivity contribution in [2.75, 3.05) is 33.5 Å². The third-order valence-corrected chi connectivity index (χ3v) is 5.80. The van der Waals surface area contributed by atoms with Crippen LogP contribution in [0.25, 0.3) is 6.08 Å². The second kappa shape index (κ2) is 11.1. The summed E-state index contributed by atoms with van der Waals surface area (Å²) in [6.45, 7) is 5.57. The summed E-state index contributed by atoms with van der Waals surface area (Å²) in [6, 6.07) is 13.0. The minimum Gasteiger partial charge on any atom is -0.493 e. The van der Waals surface area contributed by atoms with E-state index in [1.54, 1.807) is 12.0 Å². The van der Waals surface area contributed by atoms with Crippen LogP contribution in [-0.4, -0.2) is 48.6 Å². The molecule has 2 aromatic carbocycles. The SMILES string of the molecule is CCOc1cc(/C=C2/SC(=S)N(CC)C2=O)ccc1OCCOc1ccccc1OC. The molecule has 1 fully saturated rings. The van der Waals surface area contributed by atoms with Crippen LogP contribution in [0.4, 0.5) is 0 Å². The summed E-state index contributed by atoms with van der Waals surface area (Å²) in [4.78, 5) is 14.6. The monoisotopic (exact) mass is 459 g/mol. The summed E-state index contributed by atoms with van der Waals surface area (Å²) in [5.41, 5.74) is 0.845. The Balaban J connectivity index is 1.66. The highest BCUT2D eigenvalue weighted by atomic mass is 32.2. The molecule has 164 valence electrons. The Bertz CT molecular complexity index is 976. The number of benzene rings is 2. The molecule has 0 aliphatic carbocycles. The first kappa shape index (κ1) is 23.0. The van der Waals surface area contributed by atoms with E-state index in [1.165, 1.54) is 11.8 Å². The van der Waals surface area contributed by atoms with E-state index >= 15 is 0 Å². The molecule has 0 radical (unpaired) electrons. The smallest absolute Gasteiger partial charge is 0.266 e. The van der Waals surface area contributed by atoms with Crippen molar-refractivity contribution in [2.45, 2.75) is 13.8 Å². The van der Waals surface area contributed by atoms with E-state index < -0.39 is 0 Å². The van der Waals surface area contributed by atoms with Gasteiger partial charge in [-0.1, -0.05) is 42.2 Å². The Morgan fingerprint density at radius 2 is 1.65 bits per heavy atom. The minimum absolute atomic E-state index is 0.0655. The second-order valence-corrected chi connectivity index (χ2v) is 8.09. The molecule has 0 bridgehead atoms. The Hall–Kier alpha value is -2.71. The third kappa shape index (κ3) is 5.71. The highest BCUT2D eigenvalue weighted by molar-refractivity contribution is 8.26. The van der Waals surface area contributed by atoms with Gasteiger partial charge in [0, 0.05) is 6.54 Å². The van der Waals surface area contributed by atoms with Gasteiger partial charge in [0.2, 0.25) is 0 Å². The van der Waals surface area contributed by atoms with Gasteiger partial charge in [-0.3, -0.25) is 9.69 Å². The van der Waals surface area contributed by atoms with E-state index in [9.17, 15) is 4.79 Å². The molecule has 0 unspecified atom stereocenters. The topological polar surface area (TPSA) is 57.2 Å². The van der Waals surface area contributed by atoms with E-state index in [1.807, 2.05) is 62.4 Å². The van der Waals surface area contributed by atoms with Crippen LogP contribution >= 0.6 is 24.0 Å². The number of ether oxygens (including phenoxy) is 4. The van der Waals surface area contributed by atoms with Crippen molar-refractivity contribution in [3.63, 3.8) is 0 Å². The highest BCUT2D eigenvalue weighted by Gasteiger charge is 2.30. The number of thiocarbonyl (C=S) groups is 1. The quantitative estimate of drug-likeness (QED) is 0.288. The van der Waals surface area contributed by atoms with Gasteiger partial charge in [-0.2, -0.15) is 0 Å². The minimum atomic E-state index is -0.0655. The zero-order valence-corrected chi connectivity index (χ0v) is 19.4. The Labute approximate surface area is 192 Å². The van der Waals surface area contributed by atoms with Crippen LogP contribution in [0.15, 0.2) is 47.4 Å². The van der Waals surface area contributed by atoms with Crippen LogP contribution < -0.4 is 18.9 Å². The fourth-order valence-corrected chi connectivity index (χ4v) is 4.35. The zero-order valence-electron chi connectivity index (χ0n) is 17.8. The molecule has 3 rings (SSSR count). The van der Waals surface area contributed by atoms with Crippen LogP contribution in [0.2, 0.25) is 0 Å². The molecular weight excluding hydrogens is 434 g/mol. The van der Waals surface area contributed by atoms with Gasteiger partial charge in [0.1, 0.15) is 17.5 Å². The Morgan fingerprint density at radius 1 is 0.968 bits per heavy atom. The number of hydrogen-bond acceptors (Lipinski definition) is 7. The summed E-state index contributed by atoms with van der Waals surface area (Å²) in [5.74, 6) is 2.50. The van der Waals surface area contributed by atoms with Gasteiger partial charge in [0.05, 0.1) is 18.6 Å². The molecule has 2 aromatic rings. The molecule has 31 heavy (non-hydrogen) atoms. The number of thioether (sulfide) groups is 1. The molecule has 1 saturated heterocycles. The zero-order chi connectivity index (χ0) is 22.2. The third-order valence-electron chi connectivity index (χ3n) is 4.42. The van der Waals surface area contributed by atoms with Gasteiger partial charge in [-0.15, -0.1) is 0 Å². The predicted octanol–water partition coefficient (Wildman–Crippen LogP) is 4.77. The molecule has 0 spiro atoms. The molecular formula is C23H25NO5S2. The molecule has 1 aliphatic heterocycles. The lowest BCUT2D eigenvalue weighted by Crippen LogP contribution is -2.27. The number of methoxy groups -OCH3 is 1. The van der Waals surface area contributed by atoms with E-state index in [2.05, 4.69) is 0 Å². The van der Waals surface area contributed by atoms with Gasteiger partial charge in [0.15, 0.2) is 23.0 Å². The lowest BCUT2D eigenvalue weighted by Gasteiger charge is -2.14. The number of likely N-dealkylation sites (N-methyl/N-ethyl adjacent to an activating group) is 1. The van der Waals surface area contributed by atoms with Gasteiger partial charge in [-0.25, -0.2) is 0 Å². The van der Waals surface area contributed by atoms with Crippen molar-refractivity contribution in [1.29, 1.82) is 0 Å². The molecule has 0 N–H and O–H groups in total. The van der Waals surface area contributed by atoms with E-state index in [4.69, 9.17) is 31.2 Å². The number of carbonyl (C=O) groups excluding carboxylic acids is 1. The summed E-state index contributed by atoms with van der Waals surface area (Å²) < 4.78 is 23.2. The first-order valence-corrected chi connectivity index (χ1v) is 11.2. The van der Waals surface area contributed by atoms with Crippen molar-refractivity contribution in [3.8, 4) is 23.0 Å². The van der Waals surface area contributed by atoms with Crippen molar-refractivity contribution >= 4 is 40.3 Å². The van der Waals surface area contributed by atoms with E-state index in [-0.39, 0.29) is 5.91 Å². The first-order valence-electron chi connectivity index (χ1n) is 9.98. The van der Waals surface area contributed by atoms with Crippen LogP contribution in [0, 0.1) is 0 Å². The largest absolute Gasteiger partial charge is 0.493 e. The van der Waals surface area contributed by atoms with Crippen LogP contribution in [-0.2, 0) is 4.79 Å². The van der Waals surface area contributed by atoms with Gasteiger partial charge in [-0.05, 0) is 49.8 Å². The molecule has 1 aliphatic rings. The lowest BCUT2D eigenvalue weighted by atomic mass is 10.2. The Kier molecular flexibility index (Phi) is 8.20. The van der Waals surface area contributed by atoms with Crippen molar-refractivity contribution in [3.05, 3.63) is 52.9 Å². The van der Waals surface area contributed by atoms with Crippen LogP contribution in [0.1, 0.15) is 19.4 Å². The fourth-order valence-electron chi connectivity index (χ4n) is 2.97. The summed E-state index contributed by atoms with van der Waals surface area (Å²) in [7, 11) is 1.61. The maximum atomic E-state index is 12.4. The number of nitrogens with zero attached hydrogens (tertiary/aromatic N) is 1. The lowest BCUT2D eigenvalue weighted by molar-refractivity contribution is -0.121. The van der Waals surface area contributed by atoms with Crippen LogP contribution in [0.5, 0.6) is 23.0 Å². The van der Waals surface area contributed by atoms with Gasteiger partial charge < -0.3 is 18.9 Å². The second-order valence-electron chi connectivity index (χ2n) is 6.41. The summed E-state index contributed by atoms with van der Waals surface area (Å²) >= 11 is 6.58. The standard InChI is InChI=1S/C23H25NO5S2/c1-4-24-22(25)21(31-23(24)30)15-16-10-11-19(20(14-16)27-5-2)29-13-12-28-18-9-7-6-8-17(18)26-3/h6-11,14-15H,4-5,12-13H2,1-3H3/b21-15+. The average molecular weight is 460 g/mol. The number of para-hydroxylation sites is 2. The van der Waals surface area contributed by atoms with E-state index in [0.29, 0.717) is 58.6 Å². The molecule has 8 heteroatoms. The summed E-state index contributed by atoms with van der Waals surface area (Å²) in [6.07, 6.45) is 1.83. The molecule has 0 aromatic heterocycles. The van der Waals surface area contributed by atoms with Gasteiger partial charge in [0.25, 0.3) is 5.91 Å². The number of carbonyl (C=O) groups is 1. The Morgan fingerprint density at radius 3 is 2.26 bits per heavy atom. The van der Waals surface area contributed by atoms with Crippen LogP contribution in [0.3, 0.4) is 0 Å². The molecule has 1 amide bonds. The van der Waals surface area contributed by atoms with Crippen molar-refractivity contribution in [1.82, 2.24) is 4.90 Å². The fraction of sp³-hybridized carbons (Fsp3) is 0.304. The number of hydrogen-bond donors (Lipinski definition) is 0. The van der Waals surface area contributed by atoms with Gasteiger partial charge >= 0.3 is 0 Å². The maximum absolute atomic E-state index is 12.4. The molecule has 0 saturated carbocycles. The highest BCUT2D eigenvalue weighted by Crippen LogP contribution is 2.35. The normalized spacial score (nSPS) is 14.8.